The third-order valence-electron chi connectivity index (χ3n) is 2.52. The van der Waals surface area contributed by atoms with E-state index in [2.05, 4.69) is 30.4 Å². The van der Waals surface area contributed by atoms with Crippen molar-refractivity contribution in [1.29, 1.82) is 0 Å². The fourth-order valence-electron chi connectivity index (χ4n) is 1.75. The van der Waals surface area contributed by atoms with Gasteiger partial charge in [0.2, 0.25) is 5.28 Å². The third-order valence-corrected chi connectivity index (χ3v) is 2.69. The van der Waals surface area contributed by atoms with Crippen molar-refractivity contribution >= 4 is 34.3 Å². The van der Waals surface area contributed by atoms with Crippen molar-refractivity contribution in [3.63, 3.8) is 0 Å². The standard InChI is InChI=1S/C10H10ClN7/c1-5-6(3-18(2)17-5)14-9-7-8(13-4-12-7)15-10(11)16-9/h3-4H,1-2H3,(H2,12,13,14,15,16). The van der Waals surface area contributed by atoms with Crippen LogP contribution in [0.5, 0.6) is 0 Å². The molecule has 0 unspecified atom stereocenters. The van der Waals surface area contributed by atoms with E-state index in [4.69, 9.17) is 11.6 Å². The van der Waals surface area contributed by atoms with Crippen LogP contribution in [0.3, 0.4) is 0 Å². The normalized spacial score (nSPS) is 11.1. The monoisotopic (exact) mass is 263 g/mol. The second-order valence-corrected chi connectivity index (χ2v) is 4.21. The van der Waals surface area contributed by atoms with Crippen molar-refractivity contribution in [2.24, 2.45) is 7.05 Å². The number of hydrogen-bond acceptors (Lipinski definition) is 5. The minimum atomic E-state index is 0.152. The molecule has 0 spiro atoms. The molecule has 92 valence electrons. The van der Waals surface area contributed by atoms with Gasteiger partial charge in [0.05, 0.1) is 17.7 Å². The molecule has 0 aliphatic rings. The Hall–Kier alpha value is -2.15. The summed E-state index contributed by atoms with van der Waals surface area (Å²) in [4.78, 5) is 15.2. The van der Waals surface area contributed by atoms with Crippen molar-refractivity contribution < 1.29 is 0 Å². The summed E-state index contributed by atoms with van der Waals surface area (Å²) in [6, 6.07) is 0. The van der Waals surface area contributed by atoms with Crippen LogP contribution in [0, 0.1) is 6.92 Å². The second-order valence-electron chi connectivity index (χ2n) is 3.87. The van der Waals surface area contributed by atoms with Gasteiger partial charge in [0.25, 0.3) is 0 Å². The Balaban J connectivity index is 2.09. The van der Waals surface area contributed by atoms with Crippen molar-refractivity contribution in [2.45, 2.75) is 6.92 Å². The molecule has 18 heavy (non-hydrogen) atoms. The van der Waals surface area contributed by atoms with Gasteiger partial charge in [-0.1, -0.05) is 0 Å². The van der Waals surface area contributed by atoms with Crippen LogP contribution in [-0.4, -0.2) is 29.7 Å². The summed E-state index contributed by atoms with van der Waals surface area (Å²) in [5.74, 6) is 0.582. The van der Waals surface area contributed by atoms with Gasteiger partial charge in [-0.05, 0) is 18.5 Å². The van der Waals surface area contributed by atoms with Gasteiger partial charge in [-0.3, -0.25) is 4.68 Å². The summed E-state index contributed by atoms with van der Waals surface area (Å²) in [7, 11) is 1.86. The van der Waals surface area contributed by atoms with Gasteiger partial charge in [-0.2, -0.15) is 15.1 Å². The van der Waals surface area contributed by atoms with Crippen molar-refractivity contribution in [3.8, 4) is 0 Å². The largest absolute Gasteiger partial charge is 0.340 e. The van der Waals surface area contributed by atoms with Gasteiger partial charge in [-0.15, -0.1) is 0 Å². The molecule has 0 saturated heterocycles. The Labute approximate surface area is 107 Å². The predicted molar refractivity (Wildman–Crippen MR) is 67.9 cm³/mol. The molecule has 3 aromatic heterocycles. The quantitative estimate of drug-likeness (QED) is 0.689. The number of fused-ring (bicyclic) bond motifs is 1. The highest BCUT2D eigenvalue weighted by Gasteiger charge is 2.11. The summed E-state index contributed by atoms with van der Waals surface area (Å²) >= 11 is 5.86. The first-order chi connectivity index (χ1) is 8.63. The zero-order chi connectivity index (χ0) is 12.7. The van der Waals surface area contributed by atoms with Crippen LogP contribution in [0.25, 0.3) is 11.2 Å². The van der Waals surface area contributed by atoms with E-state index in [1.807, 2.05) is 20.2 Å². The van der Waals surface area contributed by atoms with Crippen LogP contribution >= 0.6 is 11.6 Å². The van der Waals surface area contributed by atoms with Gasteiger partial charge in [0.1, 0.15) is 5.52 Å². The van der Waals surface area contributed by atoms with E-state index in [9.17, 15) is 0 Å². The van der Waals surface area contributed by atoms with Crippen LogP contribution in [0.2, 0.25) is 5.28 Å². The molecule has 0 aliphatic heterocycles. The number of aromatic nitrogens is 6. The number of nitrogens with zero attached hydrogens (tertiary/aromatic N) is 5. The Morgan fingerprint density at radius 3 is 2.94 bits per heavy atom. The zero-order valence-corrected chi connectivity index (χ0v) is 10.5. The lowest BCUT2D eigenvalue weighted by Gasteiger charge is -2.04. The number of rotatable bonds is 2. The lowest BCUT2D eigenvalue weighted by Crippen LogP contribution is -1.97. The molecular formula is C10H10ClN7. The molecular weight excluding hydrogens is 254 g/mol. The molecule has 8 heteroatoms. The van der Waals surface area contributed by atoms with Gasteiger partial charge in [0.15, 0.2) is 11.5 Å². The first-order valence-corrected chi connectivity index (χ1v) is 5.65. The van der Waals surface area contributed by atoms with Gasteiger partial charge in [0, 0.05) is 13.2 Å². The average Bonchev–Trinajstić information content (AvgIpc) is 2.86. The molecule has 3 aromatic rings. The van der Waals surface area contributed by atoms with Crippen LogP contribution in [0.1, 0.15) is 5.69 Å². The Bertz CT molecular complexity index is 714. The van der Waals surface area contributed by atoms with Crippen molar-refractivity contribution in [1.82, 2.24) is 29.7 Å². The average molecular weight is 264 g/mol. The molecule has 3 rings (SSSR count). The number of imidazole rings is 1. The van der Waals surface area contributed by atoms with Crippen molar-refractivity contribution in [2.75, 3.05) is 5.32 Å². The SMILES string of the molecule is Cc1nn(C)cc1Nc1nc(Cl)nc2nc[nH]c12. The molecule has 0 bridgehead atoms. The molecule has 0 aliphatic carbocycles. The Morgan fingerprint density at radius 2 is 2.22 bits per heavy atom. The smallest absolute Gasteiger partial charge is 0.226 e. The van der Waals surface area contributed by atoms with Gasteiger partial charge in [-0.25, -0.2) is 4.98 Å². The molecule has 0 fully saturated rings. The third kappa shape index (κ3) is 1.78. The lowest BCUT2D eigenvalue weighted by molar-refractivity contribution is 0.756. The van der Waals surface area contributed by atoms with E-state index in [0.29, 0.717) is 17.0 Å². The van der Waals surface area contributed by atoms with E-state index in [0.717, 1.165) is 11.4 Å². The van der Waals surface area contributed by atoms with E-state index >= 15 is 0 Å². The Kier molecular flexibility index (Phi) is 2.41. The highest BCUT2D eigenvalue weighted by atomic mass is 35.5. The van der Waals surface area contributed by atoms with Crippen molar-refractivity contribution in [3.05, 3.63) is 23.5 Å². The lowest BCUT2D eigenvalue weighted by atomic mass is 10.4. The van der Waals surface area contributed by atoms with Crippen LogP contribution in [-0.2, 0) is 7.05 Å². The Morgan fingerprint density at radius 1 is 1.39 bits per heavy atom. The summed E-state index contributed by atoms with van der Waals surface area (Å²) in [6.45, 7) is 1.91. The molecule has 7 nitrogen and oxygen atoms in total. The zero-order valence-electron chi connectivity index (χ0n) is 9.77. The van der Waals surface area contributed by atoms with E-state index in [1.165, 1.54) is 0 Å². The summed E-state index contributed by atoms with van der Waals surface area (Å²) in [6.07, 6.45) is 3.42. The number of H-pyrrole nitrogens is 1. The van der Waals surface area contributed by atoms with Gasteiger partial charge >= 0.3 is 0 Å². The highest BCUT2D eigenvalue weighted by Crippen LogP contribution is 2.23. The number of nitrogens with one attached hydrogen (secondary N) is 2. The number of hydrogen-bond donors (Lipinski definition) is 2. The maximum absolute atomic E-state index is 5.86. The number of aromatic amines is 1. The van der Waals surface area contributed by atoms with E-state index in [-0.39, 0.29) is 5.28 Å². The first-order valence-electron chi connectivity index (χ1n) is 5.27. The summed E-state index contributed by atoms with van der Waals surface area (Å²) < 4.78 is 1.73. The molecule has 0 aromatic carbocycles. The minimum Gasteiger partial charge on any atom is -0.340 e. The fourth-order valence-corrected chi connectivity index (χ4v) is 1.91. The van der Waals surface area contributed by atoms with Gasteiger partial charge < -0.3 is 10.3 Å². The molecule has 3 heterocycles. The van der Waals surface area contributed by atoms with E-state index in [1.54, 1.807) is 11.0 Å². The molecule has 0 saturated carbocycles. The maximum Gasteiger partial charge on any atom is 0.226 e. The first kappa shape index (κ1) is 11.0. The summed E-state index contributed by atoms with van der Waals surface area (Å²) in [5.41, 5.74) is 2.98. The highest BCUT2D eigenvalue weighted by molar-refractivity contribution is 6.28. The molecule has 0 amide bonds. The van der Waals surface area contributed by atoms with Crippen LogP contribution in [0.15, 0.2) is 12.5 Å². The molecule has 2 N–H and O–H groups in total. The van der Waals surface area contributed by atoms with E-state index < -0.39 is 0 Å². The minimum absolute atomic E-state index is 0.152. The maximum atomic E-state index is 5.86. The fraction of sp³-hybridized carbons (Fsp3) is 0.200. The number of halogens is 1. The number of anilines is 2. The molecule has 0 radical (unpaired) electrons. The van der Waals surface area contributed by atoms with Crippen LogP contribution in [0.4, 0.5) is 11.5 Å². The number of aryl methyl sites for hydroxylation is 2. The topological polar surface area (TPSA) is 84.3 Å². The summed E-state index contributed by atoms with van der Waals surface area (Å²) in [5, 5.41) is 7.57. The molecule has 0 atom stereocenters. The predicted octanol–water partition coefficient (Wildman–Crippen LogP) is 1.79. The van der Waals surface area contributed by atoms with Crippen LogP contribution < -0.4 is 5.32 Å². The second kappa shape index (κ2) is 3.95.